The van der Waals surface area contributed by atoms with Crippen LogP contribution in [0.2, 0.25) is 0 Å². The van der Waals surface area contributed by atoms with Gasteiger partial charge in [0.2, 0.25) is 5.71 Å². The van der Waals surface area contributed by atoms with Crippen molar-refractivity contribution in [1.29, 1.82) is 0 Å². The first kappa shape index (κ1) is 26.8. The second kappa shape index (κ2) is 11.1. The molecular formula is C41H25N5O. The largest absolute Gasteiger partial charge is 0.438 e. The van der Waals surface area contributed by atoms with Gasteiger partial charge in [-0.25, -0.2) is 19.9 Å². The number of furan rings is 1. The third-order valence-electron chi connectivity index (χ3n) is 8.40. The van der Waals surface area contributed by atoms with Gasteiger partial charge in [-0.3, -0.25) is 4.98 Å². The van der Waals surface area contributed by atoms with Crippen LogP contribution in [0.5, 0.6) is 0 Å². The summed E-state index contributed by atoms with van der Waals surface area (Å²) in [6.45, 7) is 0. The molecule has 0 amide bonds. The molecule has 0 aliphatic heterocycles. The summed E-state index contributed by atoms with van der Waals surface area (Å²) in [4.78, 5) is 24.3. The van der Waals surface area contributed by atoms with Gasteiger partial charge in [0.15, 0.2) is 17.5 Å². The van der Waals surface area contributed by atoms with E-state index >= 15 is 0 Å². The molecule has 4 heterocycles. The van der Waals surface area contributed by atoms with Crippen LogP contribution < -0.4 is 0 Å². The maximum atomic E-state index is 6.37. The van der Waals surface area contributed by atoms with Gasteiger partial charge in [-0.15, -0.1) is 0 Å². The molecule has 6 heteroatoms. The lowest BCUT2D eigenvalue weighted by molar-refractivity contribution is 0.655. The topological polar surface area (TPSA) is 77.6 Å². The van der Waals surface area contributed by atoms with Gasteiger partial charge in [0.05, 0.1) is 11.2 Å². The molecule has 5 aromatic carbocycles. The van der Waals surface area contributed by atoms with Crippen LogP contribution in [0.25, 0.3) is 89.5 Å². The molecule has 0 radical (unpaired) electrons. The Balaban J connectivity index is 1.17. The molecule has 9 aromatic rings. The third-order valence-corrected chi connectivity index (χ3v) is 8.40. The van der Waals surface area contributed by atoms with Gasteiger partial charge in [-0.1, -0.05) is 115 Å². The third kappa shape index (κ3) is 4.80. The fourth-order valence-corrected chi connectivity index (χ4v) is 6.17. The average molecular weight is 604 g/mol. The summed E-state index contributed by atoms with van der Waals surface area (Å²) in [7, 11) is 0. The highest BCUT2D eigenvalue weighted by molar-refractivity contribution is 6.12. The fraction of sp³-hybridized carbons (Fsp3) is 0. The number of hydrogen-bond donors (Lipinski definition) is 0. The summed E-state index contributed by atoms with van der Waals surface area (Å²) >= 11 is 0. The second-order valence-corrected chi connectivity index (χ2v) is 11.3. The molecule has 6 nitrogen and oxygen atoms in total. The highest BCUT2D eigenvalue weighted by Gasteiger charge is 2.17. The van der Waals surface area contributed by atoms with Crippen molar-refractivity contribution in [3.05, 3.63) is 152 Å². The number of fused-ring (bicyclic) bond motifs is 4. The number of para-hydroxylation sites is 1. The van der Waals surface area contributed by atoms with Crippen molar-refractivity contribution >= 4 is 33.0 Å². The van der Waals surface area contributed by atoms with Gasteiger partial charge in [-0.2, -0.15) is 0 Å². The van der Waals surface area contributed by atoms with Crippen molar-refractivity contribution in [2.24, 2.45) is 0 Å². The van der Waals surface area contributed by atoms with Crippen LogP contribution in [0.15, 0.2) is 156 Å². The van der Waals surface area contributed by atoms with Gasteiger partial charge in [0.1, 0.15) is 5.58 Å². The number of nitrogens with zero attached hydrogens (tertiary/aromatic N) is 5. The Labute approximate surface area is 270 Å². The highest BCUT2D eigenvalue weighted by atomic mass is 16.3. The molecule has 0 saturated heterocycles. The zero-order chi connectivity index (χ0) is 31.2. The Morgan fingerprint density at radius 1 is 0.447 bits per heavy atom. The average Bonchev–Trinajstić information content (AvgIpc) is 3.53. The SMILES string of the molecule is c1ccc(-c2nc(-c3ccccc3)nc(-c3cccc(-c4cccc5oc6nc(-c7cccc8cccnc78)ccc6c45)c3)n2)cc1. The molecule has 47 heavy (non-hydrogen) atoms. The highest BCUT2D eigenvalue weighted by Crippen LogP contribution is 2.38. The van der Waals surface area contributed by atoms with E-state index in [-0.39, 0.29) is 0 Å². The van der Waals surface area contributed by atoms with Crippen molar-refractivity contribution in [2.45, 2.75) is 0 Å². The van der Waals surface area contributed by atoms with E-state index in [9.17, 15) is 0 Å². The Bertz CT molecular complexity index is 2520. The summed E-state index contributed by atoms with van der Waals surface area (Å²) < 4.78 is 6.37. The first-order chi connectivity index (χ1) is 23.3. The minimum atomic E-state index is 0.589. The van der Waals surface area contributed by atoms with E-state index in [1.807, 2.05) is 103 Å². The number of hydrogen-bond acceptors (Lipinski definition) is 6. The molecule has 4 aromatic heterocycles. The monoisotopic (exact) mass is 603 g/mol. The summed E-state index contributed by atoms with van der Waals surface area (Å²) in [5.41, 5.74) is 8.92. The van der Waals surface area contributed by atoms with E-state index in [4.69, 9.17) is 24.4 Å². The Kier molecular flexibility index (Phi) is 6.35. The van der Waals surface area contributed by atoms with Gasteiger partial charge in [-0.05, 0) is 41.5 Å². The van der Waals surface area contributed by atoms with Crippen molar-refractivity contribution in [2.75, 3.05) is 0 Å². The molecule has 0 fully saturated rings. The summed E-state index contributed by atoms with van der Waals surface area (Å²) in [6, 6.07) is 48.8. The molecule has 0 aliphatic rings. The Morgan fingerprint density at radius 2 is 1.06 bits per heavy atom. The van der Waals surface area contributed by atoms with Crippen LogP contribution in [0.3, 0.4) is 0 Å². The molecule has 0 saturated carbocycles. The van der Waals surface area contributed by atoms with E-state index in [1.165, 1.54) is 0 Å². The van der Waals surface area contributed by atoms with Gasteiger partial charge in [0, 0.05) is 44.6 Å². The van der Waals surface area contributed by atoms with Crippen molar-refractivity contribution in [3.8, 4) is 56.5 Å². The predicted octanol–water partition coefficient (Wildman–Crippen LogP) is 10.0. The summed E-state index contributed by atoms with van der Waals surface area (Å²) in [5, 5.41) is 3.04. The van der Waals surface area contributed by atoms with Gasteiger partial charge < -0.3 is 4.42 Å². The van der Waals surface area contributed by atoms with E-state index in [1.54, 1.807) is 0 Å². The van der Waals surface area contributed by atoms with Crippen LogP contribution in [0.4, 0.5) is 0 Å². The fourth-order valence-electron chi connectivity index (χ4n) is 6.17. The molecular weight excluding hydrogens is 578 g/mol. The number of pyridine rings is 2. The molecule has 0 aliphatic carbocycles. The molecule has 0 unspecified atom stereocenters. The van der Waals surface area contributed by atoms with Crippen LogP contribution in [0, 0.1) is 0 Å². The van der Waals surface area contributed by atoms with E-state index in [0.717, 1.165) is 66.3 Å². The van der Waals surface area contributed by atoms with Crippen molar-refractivity contribution < 1.29 is 4.42 Å². The van der Waals surface area contributed by atoms with Crippen LogP contribution in [-0.4, -0.2) is 24.9 Å². The van der Waals surface area contributed by atoms with E-state index < -0.39 is 0 Å². The summed E-state index contributed by atoms with van der Waals surface area (Å²) in [5.74, 6) is 1.87. The zero-order valence-corrected chi connectivity index (χ0v) is 25.1. The van der Waals surface area contributed by atoms with E-state index in [0.29, 0.717) is 23.2 Å². The van der Waals surface area contributed by atoms with Crippen LogP contribution in [0.1, 0.15) is 0 Å². The molecule has 220 valence electrons. The predicted molar refractivity (Wildman–Crippen MR) is 187 cm³/mol. The lowest BCUT2D eigenvalue weighted by atomic mass is 9.98. The molecule has 0 spiro atoms. The molecule has 0 atom stereocenters. The van der Waals surface area contributed by atoms with Gasteiger partial charge in [0.25, 0.3) is 0 Å². The van der Waals surface area contributed by atoms with Gasteiger partial charge >= 0.3 is 0 Å². The first-order valence-electron chi connectivity index (χ1n) is 15.4. The molecule has 9 rings (SSSR count). The minimum Gasteiger partial charge on any atom is -0.438 e. The molecule has 0 bridgehead atoms. The Morgan fingerprint density at radius 3 is 1.83 bits per heavy atom. The van der Waals surface area contributed by atoms with Crippen molar-refractivity contribution in [3.63, 3.8) is 0 Å². The maximum absolute atomic E-state index is 6.37. The second-order valence-electron chi connectivity index (χ2n) is 11.3. The quantitative estimate of drug-likeness (QED) is 0.195. The molecule has 0 N–H and O–H groups in total. The Hall–Kier alpha value is -6.53. The number of benzene rings is 5. The van der Waals surface area contributed by atoms with Crippen molar-refractivity contribution in [1.82, 2.24) is 24.9 Å². The lowest BCUT2D eigenvalue weighted by Gasteiger charge is -2.10. The standard InChI is InChI=1S/C41H25N5O/c1-3-11-27(12-4-1)38-44-39(28-13-5-2-6-14-28)46-40(45-38)30-17-7-16-29(25-30)31-19-9-21-35-36(31)33-22-23-34(43-41(33)47-35)32-20-8-15-26-18-10-24-42-37(26)32/h1-25H. The van der Waals surface area contributed by atoms with E-state index in [2.05, 4.69) is 53.5 Å². The van der Waals surface area contributed by atoms with Crippen LogP contribution in [-0.2, 0) is 0 Å². The number of rotatable bonds is 5. The minimum absolute atomic E-state index is 0.589. The first-order valence-corrected chi connectivity index (χ1v) is 15.4. The number of aromatic nitrogens is 5. The maximum Gasteiger partial charge on any atom is 0.227 e. The zero-order valence-electron chi connectivity index (χ0n) is 25.1. The smallest absolute Gasteiger partial charge is 0.227 e. The van der Waals surface area contributed by atoms with Crippen LogP contribution >= 0.6 is 0 Å². The normalized spacial score (nSPS) is 11.4. The lowest BCUT2D eigenvalue weighted by Crippen LogP contribution is -2.00. The summed E-state index contributed by atoms with van der Waals surface area (Å²) in [6.07, 6.45) is 1.81.